The monoisotopic (exact) mass is 436 g/mol. The molecule has 0 radical (unpaired) electrons. The molecule has 0 unspecified atom stereocenters. The van der Waals surface area contributed by atoms with Crippen molar-refractivity contribution in [2.75, 3.05) is 22.5 Å². The third-order valence-corrected chi connectivity index (χ3v) is 5.61. The molecule has 1 N–H and O–H groups in total. The van der Waals surface area contributed by atoms with E-state index in [1.807, 2.05) is 6.07 Å². The van der Waals surface area contributed by atoms with Gasteiger partial charge in [-0.3, -0.25) is 9.10 Å². The molecule has 0 aromatic heterocycles. The summed E-state index contributed by atoms with van der Waals surface area (Å²) in [6.07, 6.45) is 2.84. The number of carbonyl (C=O) groups is 1. The van der Waals surface area contributed by atoms with E-state index in [2.05, 4.69) is 11.9 Å². The number of rotatable bonds is 9. The van der Waals surface area contributed by atoms with Crippen LogP contribution in [-0.2, 0) is 16.6 Å². The lowest BCUT2D eigenvalue weighted by atomic mass is 10.1. The Morgan fingerprint density at radius 2 is 1.65 bits per heavy atom. The van der Waals surface area contributed by atoms with Crippen molar-refractivity contribution in [2.45, 2.75) is 6.54 Å². The highest BCUT2D eigenvalue weighted by Gasteiger charge is 2.17. The maximum Gasteiger partial charge on any atom is 0.255 e. The van der Waals surface area contributed by atoms with Crippen LogP contribution in [0, 0.1) is 0 Å². The Balaban J connectivity index is 1.67. The van der Waals surface area contributed by atoms with Crippen LogP contribution >= 0.6 is 0 Å². The van der Waals surface area contributed by atoms with Crippen molar-refractivity contribution in [3.63, 3.8) is 0 Å². The first-order valence-electron chi connectivity index (χ1n) is 9.63. The van der Waals surface area contributed by atoms with Gasteiger partial charge in [0.2, 0.25) is 10.0 Å². The van der Waals surface area contributed by atoms with E-state index in [0.29, 0.717) is 29.3 Å². The molecule has 0 aliphatic carbocycles. The van der Waals surface area contributed by atoms with Gasteiger partial charge in [0.05, 0.1) is 18.5 Å². The first-order valence-corrected chi connectivity index (χ1v) is 11.5. The Hall–Kier alpha value is -3.58. The van der Waals surface area contributed by atoms with Gasteiger partial charge in [-0.15, -0.1) is 0 Å². The molecular formula is C24H24N2O4S. The van der Waals surface area contributed by atoms with Gasteiger partial charge in [0, 0.05) is 11.3 Å². The highest BCUT2D eigenvalue weighted by molar-refractivity contribution is 7.92. The van der Waals surface area contributed by atoms with Gasteiger partial charge in [-0.25, -0.2) is 8.42 Å². The fourth-order valence-corrected chi connectivity index (χ4v) is 3.80. The second-order valence-corrected chi connectivity index (χ2v) is 8.79. The van der Waals surface area contributed by atoms with Gasteiger partial charge < -0.3 is 10.1 Å². The standard InChI is InChI=1S/C24H24N2O4S/c1-3-17-30-23-15-13-21(14-16-23)25-24(27)20-11-9-19(10-12-20)18-26(31(2,28)29)22-7-5-4-6-8-22/h3-16H,1,17-18H2,2H3,(H,25,27). The van der Waals surface area contributed by atoms with Crippen LogP contribution < -0.4 is 14.4 Å². The lowest BCUT2D eigenvalue weighted by Crippen LogP contribution is -2.29. The van der Waals surface area contributed by atoms with Crippen molar-refractivity contribution < 1.29 is 17.9 Å². The summed E-state index contributed by atoms with van der Waals surface area (Å²) >= 11 is 0. The zero-order valence-electron chi connectivity index (χ0n) is 17.2. The SMILES string of the molecule is C=CCOc1ccc(NC(=O)c2ccc(CN(c3ccccc3)S(C)(=O)=O)cc2)cc1. The van der Waals surface area contributed by atoms with Crippen molar-refractivity contribution in [1.82, 2.24) is 0 Å². The zero-order chi connectivity index (χ0) is 22.3. The number of carbonyl (C=O) groups excluding carboxylic acids is 1. The highest BCUT2D eigenvalue weighted by Crippen LogP contribution is 2.21. The van der Waals surface area contributed by atoms with Crippen molar-refractivity contribution >= 4 is 27.3 Å². The topological polar surface area (TPSA) is 75.7 Å². The van der Waals surface area contributed by atoms with Gasteiger partial charge >= 0.3 is 0 Å². The van der Waals surface area contributed by atoms with Gasteiger partial charge in [0.15, 0.2) is 0 Å². The molecule has 7 heteroatoms. The molecule has 0 saturated heterocycles. The quantitative estimate of drug-likeness (QED) is 0.502. The Kier molecular flexibility index (Phi) is 7.10. The summed E-state index contributed by atoms with van der Waals surface area (Å²) in [6.45, 7) is 4.19. The summed E-state index contributed by atoms with van der Waals surface area (Å²) in [5.41, 5.74) is 2.48. The normalized spacial score (nSPS) is 10.9. The van der Waals surface area contributed by atoms with Gasteiger partial charge in [-0.05, 0) is 54.1 Å². The molecule has 3 aromatic rings. The number of para-hydroxylation sites is 1. The number of sulfonamides is 1. The molecule has 0 bridgehead atoms. The summed E-state index contributed by atoms with van der Waals surface area (Å²) in [5, 5.41) is 2.83. The molecule has 0 aliphatic heterocycles. The lowest BCUT2D eigenvalue weighted by Gasteiger charge is -2.22. The number of hydrogen-bond donors (Lipinski definition) is 1. The summed E-state index contributed by atoms with van der Waals surface area (Å²) in [4.78, 5) is 12.5. The molecule has 160 valence electrons. The minimum atomic E-state index is -3.45. The molecule has 0 aliphatic rings. The first kappa shape index (κ1) is 22.1. The van der Waals surface area contributed by atoms with E-state index >= 15 is 0 Å². The van der Waals surface area contributed by atoms with E-state index in [0.717, 1.165) is 5.56 Å². The van der Waals surface area contributed by atoms with E-state index in [9.17, 15) is 13.2 Å². The molecule has 3 rings (SSSR count). The molecule has 0 heterocycles. The average Bonchev–Trinajstić information content (AvgIpc) is 2.77. The number of nitrogens with one attached hydrogen (secondary N) is 1. The first-order chi connectivity index (χ1) is 14.9. The summed E-state index contributed by atoms with van der Waals surface area (Å²) in [6, 6.07) is 22.8. The maximum atomic E-state index is 12.5. The van der Waals surface area contributed by atoms with Crippen LogP contribution in [-0.4, -0.2) is 27.2 Å². The molecule has 0 atom stereocenters. The molecular weight excluding hydrogens is 412 g/mol. The number of ether oxygens (including phenoxy) is 1. The van der Waals surface area contributed by atoms with E-state index < -0.39 is 10.0 Å². The van der Waals surface area contributed by atoms with Crippen molar-refractivity contribution in [3.8, 4) is 5.75 Å². The fourth-order valence-electron chi connectivity index (χ4n) is 2.91. The number of amides is 1. The predicted octanol–water partition coefficient (Wildman–Crippen LogP) is 4.47. The van der Waals surface area contributed by atoms with E-state index in [1.165, 1.54) is 10.6 Å². The third-order valence-electron chi connectivity index (χ3n) is 4.47. The summed E-state index contributed by atoms with van der Waals surface area (Å²) < 4.78 is 31.2. The second kappa shape index (κ2) is 9.95. The van der Waals surface area contributed by atoms with Gasteiger partial charge in [-0.2, -0.15) is 0 Å². The fraction of sp³-hybridized carbons (Fsp3) is 0.125. The molecule has 0 fully saturated rings. The van der Waals surface area contributed by atoms with E-state index in [4.69, 9.17) is 4.74 Å². The van der Waals surface area contributed by atoms with Crippen LogP contribution in [0.1, 0.15) is 15.9 Å². The Labute approximate surface area is 182 Å². The van der Waals surface area contributed by atoms with Gasteiger partial charge in [-0.1, -0.05) is 43.0 Å². The lowest BCUT2D eigenvalue weighted by molar-refractivity contribution is 0.102. The van der Waals surface area contributed by atoms with Gasteiger partial charge in [0.1, 0.15) is 12.4 Å². The number of hydrogen-bond acceptors (Lipinski definition) is 4. The predicted molar refractivity (Wildman–Crippen MR) is 124 cm³/mol. The smallest absolute Gasteiger partial charge is 0.255 e. The minimum Gasteiger partial charge on any atom is -0.490 e. The Morgan fingerprint density at radius 1 is 1.00 bits per heavy atom. The van der Waals surface area contributed by atoms with Gasteiger partial charge in [0.25, 0.3) is 5.91 Å². The van der Waals surface area contributed by atoms with E-state index in [1.54, 1.807) is 78.9 Å². The molecule has 31 heavy (non-hydrogen) atoms. The Morgan fingerprint density at radius 3 is 2.23 bits per heavy atom. The van der Waals surface area contributed by atoms with Crippen LogP contribution in [0.3, 0.4) is 0 Å². The Bertz CT molecular complexity index is 1130. The van der Waals surface area contributed by atoms with Crippen LogP contribution in [0.4, 0.5) is 11.4 Å². The summed E-state index contributed by atoms with van der Waals surface area (Å²) in [5.74, 6) is 0.436. The largest absolute Gasteiger partial charge is 0.490 e. The van der Waals surface area contributed by atoms with Crippen LogP contribution in [0.2, 0.25) is 0 Å². The van der Waals surface area contributed by atoms with Crippen molar-refractivity contribution in [1.29, 1.82) is 0 Å². The van der Waals surface area contributed by atoms with Crippen molar-refractivity contribution in [3.05, 3.63) is 103 Å². The van der Waals surface area contributed by atoms with Crippen LogP contribution in [0.25, 0.3) is 0 Å². The minimum absolute atomic E-state index is 0.177. The summed E-state index contributed by atoms with van der Waals surface area (Å²) in [7, 11) is -3.45. The second-order valence-electron chi connectivity index (χ2n) is 6.88. The number of anilines is 2. The van der Waals surface area contributed by atoms with Crippen LogP contribution in [0.15, 0.2) is 91.5 Å². The molecule has 0 saturated carbocycles. The number of benzene rings is 3. The van der Waals surface area contributed by atoms with E-state index in [-0.39, 0.29) is 12.5 Å². The average molecular weight is 437 g/mol. The highest BCUT2D eigenvalue weighted by atomic mass is 32.2. The molecule has 0 spiro atoms. The molecule has 3 aromatic carbocycles. The molecule has 6 nitrogen and oxygen atoms in total. The van der Waals surface area contributed by atoms with Crippen LogP contribution in [0.5, 0.6) is 5.75 Å². The third kappa shape index (κ3) is 6.20. The molecule has 1 amide bonds. The van der Waals surface area contributed by atoms with Crippen molar-refractivity contribution in [2.24, 2.45) is 0 Å². The number of nitrogens with zero attached hydrogens (tertiary/aromatic N) is 1. The maximum absolute atomic E-state index is 12.5. The zero-order valence-corrected chi connectivity index (χ0v) is 18.0.